The predicted octanol–water partition coefficient (Wildman–Crippen LogP) is 2.70. The van der Waals surface area contributed by atoms with Gasteiger partial charge in [0.15, 0.2) is 11.5 Å². The van der Waals surface area contributed by atoms with E-state index in [1.807, 2.05) is 0 Å². The lowest BCUT2D eigenvalue weighted by Crippen LogP contribution is -2.08. The maximum Gasteiger partial charge on any atom is 0.348 e. The summed E-state index contributed by atoms with van der Waals surface area (Å²) in [4.78, 5) is 24.4. The highest BCUT2D eigenvalue weighted by Crippen LogP contribution is 2.37. The molecule has 1 aliphatic rings. The molecule has 25 heavy (non-hydrogen) atoms. The van der Waals surface area contributed by atoms with E-state index in [1.54, 1.807) is 24.3 Å². The van der Waals surface area contributed by atoms with Gasteiger partial charge in [0.25, 0.3) is 0 Å². The molecule has 0 unspecified atom stereocenters. The Morgan fingerprint density at radius 3 is 2.40 bits per heavy atom. The van der Waals surface area contributed by atoms with Crippen molar-refractivity contribution in [2.24, 2.45) is 0 Å². The first-order valence-electron chi connectivity index (χ1n) is 7.22. The summed E-state index contributed by atoms with van der Waals surface area (Å²) in [6.07, 6.45) is 2.63. The highest BCUT2D eigenvalue weighted by Gasteiger charge is 2.36. The lowest BCUT2D eigenvalue weighted by atomic mass is 10.0. The molecule has 0 bridgehead atoms. The van der Waals surface area contributed by atoms with Crippen LogP contribution in [0.2, 0.25) is 0 Å². The summed E-state index contributed by atoms with van der Waals surface area (Å²) in [7, 11) is 2.70. The molecule has 7 heteroatoms. The Kier molecular flexibility index (Phi) is 4.30. The van der Waals surface area contributed by atoms with Gasteiger partial charge >= 0.3 is 11.9 Å². The molecule has 0 aliphatic carbocycles. The molecule has 128 valence electrons. The second-order valence-electron chi connectivity index (χ2n) is 5.05. The SMILES string of the molecule is COC(=O)/C(=C1/OC(=O)C(c2ccc(OC)cc2)=C1O)c1ccoc1. The smallest absolute Gasteiger partial charge is 0.348 e. The van der Waals surface area contributed by atoms with E-state index in [9.17, 15) is 14.7 Å². The molecule has 7 nitrogen and oxygen atoms in total. The van der Waals surface area contributed by atoms with Gasteiger partial charge in [-0.15, -0.1) is 0 Å². The summed E-state index contributed by atoms with van der Waals surface area (Å²) >= 11 is 0. The summed E-state index contributed by atoms with van der Waals surface area (Å²) in [6, 6.07) is 7.98. The molecule has 0 atom stereocenters. The third kappa shape index (κ3) is 2.87. The molecule has 0 saturated heterocycles. The van der Waals surface area contributed by atoms with Crippen LogP contribution in [0.1, 0.15) is 11.1 Å². The number of methoxy groups -OCH3 is 2. The highest BCUT2D eigenvalue weighted by molar-refractivity contribution is 6.25. The normalized spacial score (nSPS) is 15.8. The van der Waals surface area contributed by atoms with Crippen LogP contribution in [-0.4, -0.2) is 31.3 Å². The molecule has 0 radical (unpaired) electrons. The van der Waals surface area contributed by atoms with Crippen molar-refractivity contribution in [1.29, 1.82) is 0 Å². The van der Waals surface area contributed by atoms with Gasteiger partial charge in [0, 0.05) is 5.56 Å². The van der Waals surface area contributed by atoms with Gasteiger partial charge in [-0.25, -0.2) is 9.59 Å². The largest absolute Gasteiger partial charge is 0.504 e. The zero-order valence-electron chi connectivity index (χ0n) is 13.4. The van der Waals surface area contributed by atoms with E-state index in [4.69, 9.17) is 18.6 Å². The summed E-state index contributed by atoms with van der Waals surface area (Å²) in [6.45, 7) is 0. The lowest BCUT2D eigenvalue weighted by Gasteiger charge is -2.06. The maximum absolute atomic E-state index is 12.3. The maximum atomic E-state index is 12.3. The average Bonchev–Trinajstić information content (AvgIpc) is 3.24. The van der Waals surface area contributed by atoms with Crippen LogP contribution in [0.3, 0.4) is 0 Å². The van der Waals surface area contributed by atoms with Crippen LogP contribution in [0, 0.1) is 0 Å². The number of benzene rings is 1. The Bertz CT molecular complexity index is 871. The van der Waals surface area contributed by atoms with Crippen molar-refractivity contribution < 1.29 is 33.3 Å². The molecule has 0 saturated carbocycles. The van der Waals surface area contributed by atoms with Gasteiger partial charge in [-0.1, -0.05) is 12.1 Å². The van der Waals surface area contributed by atoms with E-state index < -0.39 is 17.7 Å². The lowest BCUT2D eigenvalue weighted by molar-refractivity contribution is -0.134. The second kappa shape index (κ2) is 6.56. The van der Waals surface area contributed by atoms with E-state index in [1.165, 1.54) is 32.8 Å². The second-order valence-corrected chi connectivity index (χ2v) is 5.05. The number of ether oxygens (including phenoxy) is 3. The van der Waals surface area contributed by atoms with Gasteiger partial charge in [0.05, 0.1) is 26.7 Å². The zero-order valence-corrected chi connectivity index (χ0v) is 13.4. The van der Waals surface area contributed by atoms with E-state index >= 15 is 0 Å². The van der Waals surface area contributed by atoms with E-state index in [0.717, 1.165) is 0 Å². The highest BCUT2D eigenvalue weighted by atomic mass is 16.6. The van der Waals surface area contributed by atoms with Gasteiger partial charge in [0.2, 0.25) is 0 Å². The Hall–Kier alpha value is -3.48. The summed E-state index contributed by atoms with van der Waals surface area (Å²) in [5.74, 6) is -1.67. The first kappa shape index (κ1) is 16.4. The Labute approximate surface area is 142 Å². The molecular weight excluding hydrogens is 328 g/mol. The first-order chi connectivity index (χ1) is 12.1. The molecule has 1 aromatic carbocycles. The molecule has 1 N–H and O–H groups in total. The van der Waals surface area contributed by atoms with Crippen molar-refractivity contribution in [3.63, 3.8) is 0 Å². The molecule has 2 aromatic rings. The minimum absolute atomic E-state index is 0.0532. The zero-order chi connectivity index (χ0) is 18.0. The predicted molar refractivity (Wildman–Crippen MR) is 86.3 cm³/mol. The Morgan fingerprint density at radius 1 is 1.12 bits per heavy atom. The number of hydrogen-bond donors (Lipinski definition) is 1. The fourth-order valence-corrected chi connectivity index (χ4v) is 2.43. The molecule has 3 rings (SSSR count). The van der Waals surface area contributed by atoms with Crippen LogP contribution in [0.15, 0.2) is 58.8 Å². The van der Waals surface area contributed by atoms with Crippen LogP contribution in [-0.2, 0) is 19.1 Å². The van der Waals surface area contributed by atoms with Crippen molar-refractivity contribution in [3.05, 3.63) is 65.5 Å². The molecule has 1 aliphatic heterocycles. The number of aliphatic hydroxyl groups excluding tert-OH is 1. The number of hydrogen-bond acceptors (Lipinski definition) is 7. The standard InChI is InChI=1S/C18H14O7/c1-22-12-5-3-10(4-6-12)13-15(19)16(25-18(13)21)14(17(20)23-2)11-7-8-24-9-11/h3-9,19H,1-2H3/b16-14+. The van der Waals surface area contributed by atoms with Crippen LogP contribution < -0.4 is 4.74 Å². The topological polar surface area (TPSA) is 95.2 Å². The molecular formula is C18H14O7. The molecule has 0 spiro atoms. The van der Waals surface area contributed by atoms with Gasteiger partial charge in [-0.2, -0.15) is 0 Å². The van der Waals surface area contributed by atoms with Crippen LogP contribution in [0.5, 0.6) is 5.75 Å². The van der Waals surface area contributed by atoms with E-state index in [-0.39, 0.29) is 16.9 Å². The molecule has 0 amide bonds. The molecule has 2 heterocycles. The minimum Gasteiger partial charge on any atom is -0.504 e. The third-order valence-electron chi connectivity index (χ3n) is 3.66. The number of aliphatic hydroxyl groups is 1. The van der Waals surface area contributed by atoms with E-state index in [0.29, 0.717) is 16.9 Å². The van der Waals surface area contributed by atoms with Crippen molar-refractivity contribution in [3.8, 4) is 5.75 Å². The number of esters is 2. The van der Waals surface area contributed by atoms with Crippen molar-refractivity contribution in [2.75, 3.05) is 14.2 Å². The van der Waals surface area contributed by atoms with Gasteiger partial charge in [-0.05, 0) is 23.8 Å². The first-order valence-corrected chi connectivity index (χ1v) is 7.22. The number of furan rings is 1. The third-order valence-corrected chi connectivity index (χ3v) is 3.66. The fraction of sp³-hybridized carbons (Fsp3) is 0.111. The Balaban J connectivity index is 2.15. The quantitative estimate of drug-likeness (QED) is 0.674. The minimum atomic E-state index is -0.775. The average molecular weight is 342 g/mol. The number of rotatable bonds is 4. The van der Waals surface area contributed by atoms with Gasteiger partial charge in [0.1, 0.15) is 16.9 Å². The van der Waals surface area contributed by atoms with Crippen LogP contribution in [0.25, 0.3) is 11.1 Å². The summed E-state index contributed by atoms with van der Waals surface area (Å²) in [5, 5.41) is 10.5. The molecule has 0 fully saturated rings. The van der Waals surface area contributed by atoms with Crippen molar-refractivity contribution in [2.45, 2.75) is 0 Å². The van der Waals surface area contributed by atoms with Crippen LogP contribution in [0.4, 0.5) is 0 Å². The summed E-state index contributed by atoms with van der Waals surface area (Å²) < 4.78 is 19.9. The van der Waals surface area contributed by atoms with Gasteiger partial charge < -0.3 is 23.7 Å². The van der Waals surface area contributed by atoms with Crippen LogP contribution >= 0.6 is 0 Å². The monoisotopic (exact) mass is 342 g/mol. The number of cyclic esters (lactones) is 1. The number of carbonyl (C=O) groups excluding carboxylic acids is 2. The van der Waals surface area contributed by atoms with Gasteiger partial charge in [-0.3, -0.25) is 0 Å². The fourth-order valence-electron chi connectivity index (χ4n) is 2.43. The van der Waals surface area contributed by atoms with Crippen molar-refractivity contribution >= 4 is 23.1 Å². The number of carbonyl (C=O) groups is 2. The van der Waals surface area contributed by atoms with Crippen molar-refractivity contribution in [1.82, 2.24) is 0 Å². The Morgan fingerprint density at radius 2 is 1.84 bits per heavy atom. The summed E-state index contributed by atoms with van der Waals surface area (Å²) in [5.41, 5.74) is 0.583. The van der Waals surface area contributed by atoms with E-state index in [2.05, 4.69) is 0 Å². The molecule has 1 aromatic heterocycles.